The second kappa shape index (κ2) is 10.7. The Balaban J connectivity index is 1.25. The maximum Gasteiger partial charge on any atom is 0.268 e. The molecule has 2 heterocycles. The van der Waals surface area contributed by atoms with Crippen molar-refractivity contribution in [1.29, 1.82) is 0 Å². The molecule has 1 aromatic heterocycles. The summed E-state index contributed by atoms with van der Waals surface area (Å²) in [6.07, 6.45) is 9.04. The molecule has 6 rings (SSSR count). The summed E-state index contributed by atoms with van der Waals surface area (Å²) in [4.78, 5) is 60.2. The van der Waals surface area contributed by atoms with Crippen molar-refractivity contribution in [1.82, 2.24) is 20.5 Å². The van der Waals surface area contributed by atoms with E-state index in [1.807, 2.05) is 45.0 Å². The molecule has 3 saturated carbocycles. The van der Waals surface area contributed by atoms with Crippen LogP contribution in [0, 0.1) is 27.6 Å². The summed E-state index contributed by atoms with van der Waals surface area (Å²) in [5.41, 5.74) is 0.917. The van der Waals surface area contributed by atoms with Crippen LogP contribution in [0.3, 0.4) is 0 Å². The van der Waals surface area contributed by atoms with Crippen LogP contribution in [0.2, 0.25) is 0 Å². The van der Waals surface area contributed by atoms with Gasteiger partial charge in [-0.1, -0.05) is 78.5 Å². The third kappa shape index (κ3) is 4.69. The predicted octanol–water partition coefficient (Wildman–Crippen LogP) is 5.76. The topological polar surface area (TPSA) is 111 Å². The highest BCUT2D eigenvalue weighted by atomic mass is 16.2. The average Bonchev–Trinajstić information content (AvgIpc) is 3.35. The third-order valence-electron chi connectivity index (χ3n) is 12.4. The van der Waals surface area contributed by atoms with Gasteiger partial charge in [0.2, 0.25) is 11.8 Å². The molecule has 0 bridgehead atoms. The Morgan fingerprint density at radius 3 is 2.20 bits per heavy atom. The highest BCUT2D eigenvalue weighted by molar-refractivity contribution is 6.01. The zero-order valence-corrected chi connectivity index (χ0v) is 27.3. The molecule has 44 heavy (non-hydrogen) atoms. The summed E-state index contributed by atoms with van der Waals surface area (Å²) in [5, 5.41) is 7.11. The van der Waals surface area contributed by atoms with Crippen LogP contribution in [-0.4, -0.2) is 58.1 Å². The lowest BCUT2D eigenvalue weighted by molar-refractivity contribution is -0.143. The number of hydrogen-bond acceptors (Lipinski definition) is 4. The van der Waals surface area contributed by atoms with Crippen LogP contribution in [0.4, 0.5) is 0 Å². The van der Waals surface area contributed by atoms with Gasteiger partial charge < -0.3 is 20.5 Å². The molecule has 238 valence electrons. The summed E-state index contributed by atoms with van der Waals surface area (Å²) in [5.74, 6) is -0.851. The first-order chi connectivity index (χ1) is 20.7. The van der Waals surface area contributed by atoms with Gasteiger partial charge in [-0.05, 0) is 73.3 Å². The quantitative estimate of drug-likeness (QED) is 0.374. The van der Waals surface area contributed by atoms with E-state index in [0.29, 0.717) is 18.7 Å². The number of carbonyl (C=O) groups is 4. The number of H-pyrrole nitrogens is 1. The third-order valence-corrected chi connectivity index (χ3v) is 12.4. The Morgan fingerprint density at radius 2 is 1.64 bits per heavy atom. The van der Waals surface area contributed by atoms with Crippen LogP contribution < -0.4 is 10.6 Å². The molecule has 3 aliphatic carbocycles. The molecule has 2 aromatic rings. The molecule has 8 nitrogen and oxygen atoms in total. The molecule has 3 amide bonds. The summed E-state index contributed by atoms with van der Waals surface area (Å²) in [6, 6.07) is 7.44. The molecule has 4 atom stereocenters. The molecule has 1 aromatic carbocycles. The number of likely N-dealkylation sites (tertiary alicyclic amines) is 1. The summed E-state index contributed by atoms with van der Waals surface area (Å²) in [6.45, 7) is 12.6. The minimum atomic E-state index is -0.831. The summed E-state index contributed by atoms with van der Waals surface area (Å²) >= 11 is 0. The van der Waals surface area contributed by atoms with Gasteiger partial charge in [0.25, 0.3) is 5.91 Å². The van der Waals surface area contributed by atoms with Crippen molar-refractivity contribution in [3.63, 3.8) is 0 Å². The van der Waals surface area contributed by atoms with Crippen LogP contribution >= 0.6 is 0 Å². The number of amides is 3. The Morgan fingerprint density at radius 1 is 0.955 bits per heavy atom. The number of aromatic amines is 1. The van der Waals surface area contributed by atoms with Crippen LogP contribution in [-0.2, 0) is 14.4 Å². The van der Waals surface area contributed by atoms with Crippen LogP contribution in [0.15, 0.2) is 30.3 Å². The highest BCUT2D eigenvalue weighted by Gasteiger charge is 2.85. The van der Waals surface area contributed by atoms with Crippen LogP contribution in [0.1, 0.15) is 110 Å². The van der Waals surface area contributed by atoms with Gasteiger partial charge in [-0.3, -0.25) is 19.2 Å². The summed E-state index contributed by atoms with van der Waals surface area (Å²) in [7, 11) is 0. The number of aromatic nitrogens is 1. The van der Waals surface area contributed by atoms with E-state index < -0.39 is 23.5 Å². The van der Waals surface area contributed by atoms with Crippen molar-refractivity contribution in [2.24, 2.45) is 27.6 Å². The largest absolute Gasteiger partial charge is 0.351 e. The van der Waals surface area contributed by atoms with E-state index in [1.54, 1.807) is 17.9 Å². The Kier molecular flexibility index (Phi) is 7.52. The number of para-hydroxylation sites is 1. The molecular formula is C36H50N4O4. The van der Waals surface area contributed by atoms with Gasteiger partial charge in [0.15, 0.2) is 5.78 Å². The SMILES string of the molecule is CC(=O)C1C[C@@]2(CN1C(=O)[C@@H](NC(=O)C(NC(=O)c1cc3ccccc3[nH]1)C1CCCCC1)C(C)(C)C)C(C)(C)C21CCC1. The zero-order valence-electron chi connectivity index (χ0n) is 27.3. The maximum atomic E-state index is 14.5. The molecule has 4 fully saturated rings. The van der Waals surface area contributed by atoms with Crippen molar-refractivity contribution in [3.8, 4) is 0 Å². The zero-order chi connectivity index (χ0) is 31.7. The number of Topliss-reactive ketones (excluding diaryl/α,β-unsaturated/α-hetero) is 1. The molecule has 1 saturated heterocycles. The second-order valence-electron chi connectivity index (χ2n) is 15.9. The van der Waals surface area contributed by atoms with Crippen molar-refractivity contribution in [2.45, 2.75) is 117 Å². The van der Waals surface area contributed by atoms with Gasteiger partial charge in [-0.15, -0.1) is 0 Å². The van der Waals surface area contributed by atoms with Gasteiger partial charge in [0, 0.05) is 22.9 Å². The Hall–Kier alpha value is -3.16. The van der Waals surface area contributed by atoms with E-state index in [-0.39, 0.29) is 45.7 Å². The van der Waals surface area contributed by atoms with Gasteiger partial charge in [0.1, 0.15) is 17.8 Å². The van der Waals surface area contributed by atoms with E-state index in [1.165, 1.54) is 6.42 Å². The fourth-order valence-electron chi connectivity index (χ4n) is 9.52. The van der Waals surface area contributed by atoms with Crippen molar-refractivity contribution < 1.29 is 19.2 Å². The summed E-state index contributed by atoms with van der Waals surface area (Å²) < 4.78 is 0. The number of ketones is 1. The first-order valence-corrected chi connectivity index (χ1v) is 16.7. The number of hydrogen-bond donors (Lipinski definition) is 3. The van der Waals surface area contributed by atoms with Crippen LogP contribution in [0.5, 0.6) is 0 Å². The van der Waals surface area contributed by atoms with Crippen LogP contribution in [0.25, 0.3) is 10.9 Å². The van der Waals surface area contributed by atoms with E-state index in [4.69, 9.17) is 0 Å². The molecule has 3 N–H and O–H groups in total. The maximum absolute atomic E-state index is 14.5. The lowest BCUT2D eigenvalue weighted by Crippen LogP contribution is -2.61. The standard InChI is InChI=1S/C36H50N4O4/c1-22(41)27-20-36(34(5,6)35(36)17-12-18-35)21-40(27)32(44)29(33(2,3)4)39-31(43)28(23-13-8-7-9-14-23)38-30(42)26-19-24-15-10-11-16-25(24)37-26/h10-11,15-16,19,23,27-29,37H,7-9,12-14,17-18,20-21H2,1-6H3,(H,38,42)(H,39,43)/t27?,28?,29-,36-/m1/s1. The lowest BCUT2D eigenvalue weighted by Gasteiger charge is -2.37. The van der Waals surface area contributed by atoms with Gasteiger partial charge in [0.05, 0.1) is 6.04 Å². The minimum Gasteiger partial charge on any atom is -0.351 e. The lowest BCUT2D eigenvalue weighted by atomic mass is 9.73. The first kappa shape index (κ1) is 30.8. The van der Waals surface area contributed by atoms with Crippen molar-refractivity contribution in [3.05, 3.63) is 36.0 Å². The highest BCUT2D eigenvalue weighted by Crippen LogP contribution is 2.88. The van der Waals surface area contributed by atoms with E-state index in [9.17, 15) is 19.2 Å². The molecule has 1 aliphatic heterocycles. The normalized spacial score (nSPS) is 27.1. The Labute approximate surface area is 261 Å². The fraction of sp³-hybridized carbons (Fsp3) is 0.667. The number of carbonyl (C=O) groups excluding carboxylic acids is 4. The van der Waals surface area contributed by atoms with E-state index >= 15 is 0 Å². The molecule has 2 spiro atoms. The number of nitrogens with zero attached hydrogens (tertiary/aromatic N) is 1. The molecule has 4 aliphatic rings. The minimum absolute atomic E-state index is 0.0112. The monoisotopic (exact) mass is 602 g/mol. The molecular weight excluding hydrogens is 552 g/mol. The fourth-order valence-corrected chi connectivity index (χ4v) is 9.52. The van der Waals surface area contributed by atoms with Crippen molar-refractivity contribution in [2.75, 3.05) is 6.54 Å². The number of benzene rings is 1. The molecule has 0 radical (unpaired) electrons. The number of rotatable bonds is 7. The van der Waals surface area contributed by atoms with Gasteiger partial charge in [-0.2, -0.15) is 0 Å². The number of fused-ring (bicyclic) bond motifs is 2. The predicted molar refractivity (Wildman–Crippen MR) is 171 cm³/mol. The average molecular weight is 603 g/mol. The molecule has 2 unspecified atom stereocenters. The second-order valence-corrected chi connectivity index (χ2v) is 15.9. The van der Waals surface area contributed by atoms with E-state index in [0.717, 1.165) is 55.8 Å². The Bertz CT molecular complexity index is 1440. The molecule has 8 heteroatoms. The first-order valence-electron chi connectivity index (χ1n) is 16.7. The van der Waals surface area contributed by atoms with Gasteiger partial charge >= 0.3 is 0 Å². The van der Waals surface area contributed by atoms with Gasteiger partial charge in [-0.25, -0.2) is 0 Å². The number of nitrogens with one attached hydrogen (secondary N) is 3. The smallest absolute Gasteiger partial charge is 0.268 e. The van der Waals surface area contributed by atoms with E-state index in [2.05, 4.69) is 29.5 Å². The van der Waals surface area contributed by atoms with Crippen molar-refractivity contribution >= 4 is 34.4 Å².